The van der Waals surface area contributed by atoms with Crippen molar-refractivity contribution >= 4 is 11.8 Å². The molecule has 0 radical (unpaired) electrons. The van der Waals surface area contributed by atoms with E-state index >= 15 is 0 Å². The number of unbranched alkanes of at least 4 members (excludes halogenated alkanes) is 1. The van der Waals surface area contributed by atoms with Crippen LogP contribution < -0.4 is 0 Å². The van der Waals surface area contributed by atoms with E-state index in [-0.39, 0.29) is 18.4 Å². The molecule has 0 fully saturated rings. The first-order chi connectivity index (χ1) is 13.5. The second-order valence-electron chi connectivity index (χ2n) is 7.11. The normalized spacial score (nSPS) is 10.7. The number of methoxy groups -OCH3 is 1. The van der Waals surface area contributed by atoms with E-state index < -0.39 is 0 Å². The standard InChI is InChI=1S/C24H30O4/c1-4-5-8-21-14-18(7-6-9-23(27)28-3)15-22(16-25)24(21)20-12-10-19(11-13-20)17(2)26/h10-15,25H,4-9,16H2,1-3H3. The van der Waals surface area contributed by atoms with E-state index in [2.05, 4.69) is 13.0 Å². The fraction of sp³-hybridized carbons (Fsp3) is 0.417. The average Bonchev–Trinajstić information content (AvgIpc) is 2.71. The van der Waals surface area contributed by atoms with Crippen molar-refractivity contribution in [1.29, 1.82) is 0 Å². The van der Waals surface area contributed by atoms with Gasteiger partial charge in [-0.3, -0.25) is 9.59 Å². The van der Waals surface area contributed by atoms with Crippen LogP contribution in [-0.2, 0) is 29.0 Å². The Labute approximate surface area is 167 Å². The second kappa shape index (κ2) is 10.8. The van der Waals surface area contributed by atoms with Crippen molar-refractivity contribution in [3.63, 3.8) is 0 Å². The van der Waals surface area contributed by atoms with Gasteiger partial charge in [-0.1, -0.05) is 49.7 Å². The lowest BCUT2D eigenvalue weighted by Gasteiger charge is -2.17. The van der Waals surface area contributed by atoms with Crippen molar-refractivity contribution in [2.24, 2.45) is 0 Å². The quantitative estimate of drug-likeness (QED) is 0.469. The minimum atomic E-state index is -0.198. The molecule has 4 heteroatoms. The molecule has 0 aliphatic rings. The Morgan fingerprint density at radius 1 is 1.00 bits per heavy atom. The van der Waals surface area contributed by atoms with Gasteiger partial charge >= 0.3 is 5.97 Å². The molecule has 150 valence electrons. The van der Waals surface area contributed by atoms with Crippen molar-refractivity contribution in [2.75, 3.05) is 7.11 Å². The molecule has 4 nitrogen and oxygen atoms in total. The molecular formula is C24H30O4. The van der Waals surface area contributed by atoms with E-state index in [1.54, 1.807) is 6.92 Å². The number of aryl methyl sites for hydroxylation is 2. The van der Waals surface area contributed by atoms with E-state index in [1.807, 2.05) is 30.3 Å². The van der Waals surface area contributed by atoms with Gasteiger partial charge in [-0.15, -0.1) is 0 Å². The van der Waals surface area contributed by atoms with Gasteiger partial charge in [0.05, 0.1) is 13.7 Å². The van der Waals surface area contributed by atoms with Crippen molar-refractivity contribution < 1.29 is 19.4 Å². The Balaban J connectivity index is 2.39. The van der Waals surface area contributed by atoms with E-state index in [1.165, 1.54) is 12.7 Å². The number of ketones is 1. The Morgan fingerprint density at radius 3 is 2.25 bits per heavy atom. The van der Waals surface area contributed by atoms with Crippen LogP contribution in [0.4, 0.5) is 0 Å². The zero-order valence-corrected chi connectivity index (χ0v) is 17.1. The molecule has 1 N–H and O–H groups in total. The topological polar surface area (TPSA) is 63.6 Å². The van der Waals surface area contributed by atoms with Crippen LogP contribution in [0.25, 0.3) is 11.1 Å². The van der Waals surface area contributed by atoms with Crippen LogP contribution in [0.15, 0.2) is 36.4 Å². The van der Waals surface area contributed by atoms with Gasteiger partial charge in [0, 0.05) is 12.0 Å². The maximum atomic E-state index is 11.6. The molecule has 0 saturated heterocycles. The van der Waals surface area contributed by atoms with Gasteiger partial charge in [0.15, 0.2) is 5.78 Å². The van der Waals surface area contributed by atoms with Crippen molar-refractivity contribution in [3.8, 4) is 11.1 Å². The third-order valence-electron chi connectivity index (χ3n) is 4.99. The minimum Gasteiger partial charge on any atom is -0.469 e. The van der Waals surface area contributed by atoms with Gasteiger partial charge in [-0.05, 0) is 60.4 Å². The SMILES string of the molecule is CCCCc1cc(CCCC(=O)OC)cc(CO)c1-c1ccc(C(C)=O)cc1. The molecule has 0 aromatic heterocycles. The predicted molar refractivity (Wildman–Crippen MR) is 111 cm³/mol. The smallest absolute Gasteiger partial charge is 0.305 e. The summed E-state index contributed by atoms with van der Waals surface area (Å²) in [7, 11) is 1.40. The molecule has 2 aromatic carbocycles. The molecule has 0 spiro atoms. The lowest BCUT2D eigenvalue weighted by Crippen LogP contribution is -2.03. The number of hydrogen-bond donors (Lipinski definition) is 1. The first kappa shape index (κ1) is 21.8. The zero-order chi connectivity index (χ0) is 20.5. The maximum Gasteiger partial charge on any atom is 0.305 e. The number of aliphatic hydroxyl groups excluding tert-OH is 1. The summed E-state index contributed by atoms with van der Waals surface area (Å²) >= 11 is 0. The number of Topliss-reactive ketones (excluding diaryl/α,β-unsaturated/α-hetero) is 1. The van der Waals surface area contributed by atoms with Crippen LogP contribution in [0.2, 0.25) is 0 Å². The third kappa shape index (κ3) is 5.77. The zero-order valence-electron chi connectivity index (χ0n) is 17.1. The Bertz CT molecular complexity index is 806. The number of carbonyl (C=O) groups excluding carboxylic acids is 2. The predicted octanol–water partition coefficient (Wildman–Crippen LogP) is 4.89. The summed E-state index contributed by atoms with van der Waals surface area (Å²) in [6.45, 7) is 3.67. The number of carbonyl (C=O) groups is 2. The van der Waals surface area contributed by atoms with Crippen molar-refractivity contribution in [3.05, 3.63) is 58.7 Å². The fourth-order valence-corrected chi connectivity index (χ4v) is 3.45. The molecule has 0 atom stereocenters. The van der Waals surface area contributed by atoms with Crippen LogP contribution in [0.1, 0.15) is 66.6 Å². The summed E-state index contributed by atoms with van der Waals surface area (Å²) in [4.78, 5) is 22.9. The van der Waals surface area contributed by atoms with E-state index in [4.69, 9.17) is 4.74 Å². The summed E-state index contributed by atoms with van der Waals surface area (Å²) < 4.78 is 4.71. The largest absolute Gasteiger partial charge is 0.469 e. The average molecular weight is 383 g/mol. The summed E-state index contributed by atoms with van der Waals surface area (Å²) in [6, 6.07) is 11.8. The molecule has 0 heterocycles. The van der Waals surface area contributed by atoms with Crippen molar-refractivity contribution in [1.82, 2.24) is 0 Å². The highest BCUT2D eigenvalue weighted by Crippen LogP contribution is 2.31. The number of aliphatic hydroxyl groups is 1. The Hall–Kier alpha value is -2.46. The molecule has 0 unspecified atom stereocenters. The highest BCUT2D eigenvalue weighted by Gasteiger charge is 2.14. The van der Waals surface area contributed by atoms with Crippen LogP contribution >= 0.6 is 0 Å². The molecular weight excluding hydrogens is 352 g/mol. The monoisotopic (exact) mass is 382 g/mol. The molecule has 2 aromatic rings. The number of ether oxygens (including phenoxy) is 1. The Morgan fingerprint density at radius 2 is 1.68 bits per heavy atom. The Kier molecular flexibility index (Phi) is 8.40. The van der Waals surface area contributed by atoms with Crippen LogP contribution in [0.3, 0.4) is 0 Å². The molecule has 0 aliphatic heterocycles. The lowest BCUT2D eigenvalue weighted by molar-refractivity contribution is -0.140. The number of esters is 1. The van der Waals surface area contributed by atoms with E-state index in [9.17, 15) is 14.7 Å². The summed E-state index contributed by atoms with van der Waals surface area (Å²) in [5.41, 5.74) is 5.98. The number of hydrogen-bond acceptors (Lipinski definition) is 4. The molecule has 0 bridgehead atoms. The fourth-order valence-electron chi connectivity index (χ4n) is 3.45. The van der Waals surface area contributed by atoms with Crippen molar-refractivity contribution in [2.45, 2.75) is 59.0 Å². The van der Waals surface area contributed by atoms with Gasteiger partial charge in [-0.2, -0.15) is 0 Å². The summed E-state index contributed by atoms with van der Waals surface area (Å²) in [5, 5.41) is 10.0. The van der Waals surface area contributed by atoms with Crippen LogP contribution in [0.5, 0.6) is 0 Å². The highest BCUT2D eigenvalue weighted by atomic mass is 16.5. The van der Waals surface area contributed by atoms with Gasteiger partial charge in [0.2, 0.25) is 0 Å². The van der Waals surface area contributed by atoms with Gasteiger partial charge in [0.1, 0.15) is 0 Å². The molecule has 2 rings (SSSR count). The second-order valence-corrected chi connectivity index (χ2v) is 7.11. The minimum absolute atomic E-state index is 0.0427. The number of benzene rings is 2. The highest BCUT2D eigenvalue weighted by molar-refractivity contribution is 5.94. The molecule has 0 saturated carbocycles. The van der Waals surface area contributed by atoms with Gasteiger partial charge in [0.25, 0.3) is 0 Å². The molecule has 0 aliphatic carbocycles. The third-order valence-corrected chi connectivity index (χ3v) is 4.99. The summed E-state index contributed by atoms with van der Waals surface area (Å²) in [5.74, 6) is -0.156. The summed E-state index contributed by atoms with van der Waals surface area (Å²) in [6.07, 6.45) is 4.96. The van der Waals surface area contributed by atoms with E-state index in [0.29, 0.717) is 12.0 Å². The van der Waals surface area contributed by atoms with E-state index in [0.717, 1.165) is 54.4 Å². The maximum absolute atomic E-state index is 11.6. The molecule has 0 amide bonds. The first-order valence-electron chi connectivity index (χ1n) is 9.93. The van der Waals surface area contributed by atoms with Gasteiger partial charge < -0.3 is 9.84 Å². The van der Waals surface area contributed by atoms with Gasteiger partial charge in [-0.25, -0.2) is 0 Å². The lowest BCUT2D eigenvalue weighted by atomic mass is 9.88. The van der Waals surface area contributed by atoms with Crippen LogP contribution in [0, 0.1) is 0 Å². The molecule has 28 heavy (non-hydrogen) atoms. The first-order valence-corrected chi connectivity index (χ1v) is 9.93. The van der Waals surface area contributed by atoms with Crippen LogP contribution in [-0.4, -0.2) is 24.0 Å². The number of rotatable bonds is 10.